The van der Waals surface area contributed by atoms with Crippen molar-refractivity contribution in [3.63, 3.8) is 0 Å². The summed E-state index contributed by atoms with van der Waals surface area (Å²) >= 11 is 0. The van der Waals surface area contributed by atoms with Gasteiger partial charge in [-0.15, -0.1) is 5.10 Å². The van der Waals surface area contributed by atoms with Crippen LogP contribution in [0, 0.1) is 25.2 Å². The van der Waals surface area contributed by atoms with Crippen molar-refractivity contribution in [1.29, 1.82) is 5.26 Å². The minimum atomic E-state index is -0.444. The minimum absolute atomic E-state index is 0.273. The molecule has 23 heavy (non-hydrogen) atoms. The third kappa shape index (κ3) is 4.61. The van der Waals surface area contributed by atoms with Crippen molar-refractivity contribution in [3.05, 3.63) is 16.8 Å². The molecule has 1 unspecified atom stereocenters. The Morgan fingerprint density at radius 1 is 1.39 bits per heavy atom. The minimum Gasteiger partial charge on any atom is -0.389 e. The van der Waals surface area contributed by atoms with E-state index in [1.807, 2.05) is 13.8 Å². The number of methoxy groups -OCH3 is 1. The molecule has 0 aromatic carbocycles. The molecule has 126 valence electrons. The summed E-state index contributed by atoms with van der Waals surface area (Å²) in [6, 6.07) is 2.49. The number of aryl methyl sites for hydroxylation is 1. The normalized spacial score (nSPS) is 17.7. The van der Waals surface area contributed by atoms with E-state index in [-0.39, 0.29) is 6.04 Å². The second kappa shape index (κ2) is 8.20. The standard InChI is InChI=1S/C16H25N5O2/c1-11-12(2)19-20-16(15(11)8-17)18-13-4-6-21(7-5-13)9-14(22)10-23-3/h13-14,22H,4-7,9-10H2,1-3H3,(H,18,20). The Kier molecular flexibility index (Phi) is 6.28. The van der Waals surface area contributed by atoms with Gasteiger partial charge in [-0.3, -0.25) is 0 Å². The zero-order valence-electron chi connectivity index (χ0n) is 14.0. The highest BCUT2D eigenvalue weighted by molar-refractivity contribution is 5.56. The summed E-state index contributed by atoms with van der Waals surface area (Å²) in [5, 5.41) is 30.7. The fourth-order valence-electron chi connectivity index (χ4n) is 2.84. The van der Waals surface area contributed by atoms with E-state index < -0.39 is 6.10 Å². The van der Waals surface area contributed by atoms with Crippen LogP contribution < -0.4 is 5.32 Å². The molecule has 1 aromatic heterocycles. The summed E-state index contributed by atoms with van der Waals surface area (Å²) in [6.07, 6.45) is 1.44. The first-order valence-electron chi connectivity index (χ1n) is 7.95. The first-order chi connectivity index (χ1) is 11.0. The van der Waals surface area contributed by atoms with Crippen LogP contribution in [0.2, 0.25) is 0 Å². The molecule has 1 aliphatic heterocycles. The number of nitriles is 1. The van der Waals surface area contributed by atoms with Crippen LogP contribution in [0.25, 0.3) is 0 Å². The molecule has 7 nitrogen and oxygen atoms in total. The Labute approximate surface area is 137 Å². The number of ether oxygens (including phenoxy) is 1. The van der Waals surface area contributed by atoms with Gasteiger partial charge in [-0.1, -0.05) is 0 Å². The van der Waals surface area contributed by atoms with Gasteiger partial charge in [-0.05, 0) is 32.3 Å². The summed E-state index contributed by atoms with van der Waals surface area (Å²) in [5.41, 5.74) is 2.25. The maximum absolute atomic E-state index is 9.79. The highest BCUT2D eigenvalue weighted by Crippen LogP contribution is 2.21. The lowest BCUT2D eigenvalue weighted by molar-refractivity contribution is 0.0327. The van der Waals surface area contributed by atoms with Gasteiger partial charge in [0.05, 0.1) is 18.4 Å². The number of rotatable bonds is 6. The summed E-state index contributed by atoms with van der Waals surface area (Å²) in [6.45, 7) is 6.55. The Morgan fingerprint density at radius 3 is 2.70 bits per heavy atom. The number of hydrogen-bond donors (Lipinski definition) is 2. The molecule has 2 rings (SSSR count). The van der Waals surface area contributed by atoms with Crippen molar-refractivity contribution in [2.75, 3.05) is 38.7 Å². The molecule has 0 bridgehead atoms. The molecular formula is C16H25N5O2. The van der Waals surface area contributed by atoms with Gasteiger partial charge in [0, 0.05) is 32.8 Å². The fourth-order valence-corrected chi connectivity index (χ4v) is 2.84. The van der Waals surface area contributed by atoms with Crippen molar-refractivity contribution < 1.29 is 9.84 Å². The smallest absolute Gasteiger partial charge is 0.167 e. The van der Waals surface area contributed by atoms with Crippen LogP contribution in [0.3, 0.4) is 0 Å². The molecule has 1 aromatic rings. The molecule has 1 aliphatic rings. The predicted octanol–water partition coefficient (Wildman–Crippen LogP) is 0.849. The molecule has 1 saturated heterocycles. The third-order valence-electron chi connectivity index (χ3n) is 4.32. The van der Waals surface area contributed by atoms with E-state index in [0.29, 0.717) is 24.5 Å². The second-order valence-electron chi connectivity index (χ2n) is 6.07. The summed E-state index contributed by atoms with van der Waals surface area (Å²) in [4.78, 5) is 2.24. The molecular weight excluding hydrogens is 294 g/mol. The van der Waals surface area contributed by atoms with E-state index >= 15 is 0 Å². The molecule has 7 heteroatoms. The number of aromatic nitrogens is 2. The van der Waals surface area contributed by atoms with Gasteiger partial charge in [0.2, 0.25) is 0 Å². The lowest BCUT2D eigenvalue weighted by Crippen LogP contribution is -2.43. The van der Waals surface area contributed by atoms with Crippen molar-refractivity contribution in [2.24, 2.45) is 0 Å². The Balaban J connectivity index is 1.90. The monoisotopic (exact) mass is 319 g/mol. The van der Waals surface area contributed by atoms with E-state index in [1.54, 1.807) is 7.11 Å². The molecule has 2 heterocycles. The van der Waals surface area contributed by atoms with E-state index in [1.165, 1.54) is 0 Å². The number of hydrogen-bond acceptors (Lipinski definition) is 7. The zero-order chi connectivity index (χ0) is 16.8. The molecule has 2 N–H and O–H groups in total. The quantitative estimate of drug-likeness (QED) is 0.802. The van der Waals surface area contributed by atoms with Gasteiger partial charge >= 0.3 is 0 Å². The Morgan fingerprint density at radius 2 is 2.09 bits per heavy atom. The molecule has 1 atom stereocenters. The first-order valence-corrected chi connectivity index (χ1v) is 7.95. The highest BCUT2D eigenvalue weighted by atomic mass is 16.5. The highest BCUT2D eigenvalue weighted by Gasteiger charge is 2.22. The number of aliphatic hydroxyl groups is 1. The van der Waals surface area contributed by atoms with Crippen LogP contribution in [-0.2, 0) is 4.74 Å². The number of nitrogens with zero attached hydrogens (tertiary/aromatic N) is 4. The number of anilines is 1. The molecule has 0 amide bonds. The SMILES string of the molecule is COCC(O)CN1CCC(Nc2nnc(C)c(C)c2C#N)CC1. The molecule has 0 saturated carbocycles. The van der Waals surface area contributed by atoms with Crippen LogP contribution >= 0.6 is 0 Å². The number of nitrogens with one attached hydrogen (secondary N) is 1. The fraction of sp³-hybridized carbons (Fsp3) is 0.688. The number of piperidine rings is 1. The van der Waals surface area contributed by atoms with Crippen molar-refractivity contribution in [3.8, 4) is 6.07 Å². The van der Waals surface area contributed by atoms with Crippen LogP contribution in [0.5, 0.6) is 0 Å². The molecule has 0 radical (unpaired) electrons. The number of β-amino-alcohol motifs (C(OH)–C–C–N with tert-alkyl or cyclic N) is 1. The summed E-state index contributed by atoms with van der Waals surface area (Å²) in [7, 11) is 1.59. The van der Waals surface area contributed by atoms with Crippen LogP contribution in [0.15, 0.2) is 0 Å². The predicted molar refractivity (Wildman–Crippen MR) is 87.2 cm³/mol. The van der Waals surface area contributed by atoms with Crippen LogP contribution in [-0.4, -0.2) is 65.7 Å². The van der Waals surface area contributed by atoms with Crippen molar-refractivity contribution in [1.82, 2.24) is 15.1 Å². The van der Waals surface area contributed by atoms with E-state index in [9.17, 15) is 10.4 Å². The van der Waals surface area contributed by atoms with Gasteiger partial charge in [0.1, 0.15) is 11.6 Å². The number of likely N-dealkylation sites (tertiary alicyclic amines) is 1. The van der Waals surface area contributed by atoms with Crippen molar-refractivity contribution in [2.45, 2.75) is 38.8 Å². The number of aliphatic hydroxyl groups excluding tert-OH is 1. The van der Waals surface area contributed by atoms with Gasteiger partial charge in [0.15, 0.2) is 5.82 Å². The van der Waals surface area contributed by atoms with Gasteiger partial charge in [-0.2, -0.15) is 10.4 Å². The second-order valence-corrected chi connectivity index (χ2v) is 6.07. The third-order valence-corrected chi connectivity index (χ3v) is 4.32. The zero-order valence-corrected chi connectivity index (χ0v) is 14.0. The Bertz CT molecular complexity index is 564. The first kappa shape index (κ1) is 17.6. The van der Waals surface area contributed by atoms with E-state index in [0.717, 1.165) is 37.2 Å². The van der Waals surface area contributed by atoms with Crippen LogP contribution in [0.4, 0.5) is 5.82 Å². The maximum Gasteiger partial charge on any atom is 0.167 e. The summed E-state index contributed by atoms with van der Waals surface area (Å²) in [5.74, 6) is 0.577. The molecule has 1 fully saturated rings. The van der Waals surface area contributed by atoms with Gasteiger partial charge in [0.25, 0.3) is 0 Å². The van der Waals surface area contributed by atoms with E-state index in [2.05, 4.69) is 26.5 Å². The van der Waals surface area contributed by atoms with Crippen LogP contribution in [0.1, 0.15) is 29.7 Å². The van der Waals surface area contributed by atoms with E-state index in [4.69, 9.17) is 4.74 Å². The molecule has 0 spiro atoms. The molecule has 0 aliphatic carbocycles. The Hall–Kier alpha value is -1.75. The average molecular weight is 319 g/mol. The maximum atomic E-state index is 9.79. The van der Waals surface area contributed by atoms with Gasteiger partial charge in [-0.25, -0.2) is 0 Å². The lowest BCUT2D eigenvalue weighted by atomic mass is 10.0. The lowest BCUT2D eigenvalue weighted by Gasteiger charge is -2.33. The summed E-state index contributed by atoms with van der Waals surface area (Å²) < 4.78 is 4.96. The van der Waals surface area contributed by atoms with Crippen molar-refractivity contribution >= 4 is 5.82 Å². The topological polar surface area (TPSA) is 94.3 Å². The largest absolute Gasteiger partial charge is 0.389 e. The van der Waals surface area contributed by atoms with Gasteiger partial charge < -0.3 is 20.1 Å². The average Bonchev–Trinajstić information content (AvgIpc) is 2.53.